The zero-order valence-corrected chi connectivity index (χ0v) is 15.5. The van der Waals surface area contributed by atoms with Crippen LogP contribution in [0, 0.1) is 0 Å². The molecular formula is C20H29N5. The van der Waals surface area contributed by atoms with Crippen molar-refractivity contribution in [3.05, 3.63) is 36.0 Å². The molecule has 1 fully saturated rings. The molecule has 0 radical (unpaired) electrons. The van der Waals surface area contributed by atoms with E-state index in [4.69, 9.17) is 0 Å². The Hall–Kier alpha value is -2.17. The van der Waals surface area contributed by atoms with Crippen LogP contribution in [0.25, 0.3) is 0 Å². The van der Waals surface area contributed by atoms with E-state index in [2.05, 4.69) is 70.9 Å². The molecule has 0 aliphatic heterocycles. The first-order valence-corrected chi connectivity index (χ1v) is 9.34. The van der Waals surface area contributed by atoms with E-state index in [1.807, 2.05) is 0 Å². The van der Waals surface area contributed by atoms with Crippen molar-refractivity contribution in [1.29, 1.82) is 0 Å². The van der Waals surface area contributed by atoms with Crippen molar-refractivity contribution >= 4 is 17.5 Å². The summed E-state index contributed by atoms with van der Waals surface area (Å²) in [6.45, 7) is 6.64. The van der Waals surface area contributed by atoms with Crippen LogP contribution in [-0.2, 0) is 5.41 Å². The topological polar surface area (TPSA) is 62.7 Å². The lowest BCUT2D eigenvalue weighted by molar-refractivity contribution is 0.590. The molecule has 0 saturated heterocycles. The van der Waals surface area contributed by atoms with Crippen LogP contribution in [0.2, 0.25) is 0 Å². The minimum Gasteiger partial charge on any atom is -0.366 e. The Morgan fingerprint density at radius 2 is 1.64 bits per heavy atom. The van der Waals surface area contributed by atoms with E-state index in [0.717, 1.165) is 11.5 Å². The van der Waals surface area contributed by atoms with E-state index in [0.29, 0.717) is 12.0 Å². The van der Waals surface area contributed by atoms with E-state index in [1.54, 1.807) is 6.20 Å². The summed E-state index contributed by atoms with van der Waals surface area (Å²) in [6, 6.07) is 8.91. The van der Waals surface area contributed by atoms with Crippen molar-refractivity contribution in [3.63, 3.8) is 0 Å². The van der Waals surface area contributed by atoms with Crippen molar-refractivity contribution in [2.24, 2.45) is 0 Å². The maximum absolute atomic E-state index is 4.57. The number of benzene rings is 1. The van der Waals surface area contributed by atoms with Crippen molar-refractivity contribution in [2.45, 2.75) is 70.8 Å². The van der Waals surface area contributed by atoms with Crippen LogP contribution < -0.4 is 10.6 Å². The van der Waals surface area contributed by atoms with E-state index >= 15 is 0 Å². The van der Waals surface area contributed by atoms with Gasteiger partial charge in [-0.05, 0) is 36.0 Å². The molecule has 25 heavy (non-hydrogen) atoms. The van der Waals surface area contributed by atoms with Gasteiger partial charge in [0.25, 0.3) is 0 Å². The smallest absolute Gasteiger partial charge is 0.249 e. The third-order valence-corrected chi connectivity index (χ3v) is 4.77. The molecule has 3 rings (SSSR count). The molecule has 2 N–H and O–H groups in total. The fourth-order valence-electron chi connectivity index (χ4n) is 3.24. The molecular weight excluding hydrogens is 310 g/mol. The Balaban J connectivity index is 1.65. The molecule has 1 aliphatic rings. The fraction of sp³-hybridized carbons (Fsp3) is 0.550. The molecule has 134 valence electrons. The van der Waals surface area contributed by atoms with Gasteiger partial charge in [0.1, 0.15) is 0 Å². The number of nitrogens with zero attached hydrogens (tertiary/aromatic N) is 3. The minimum absolute atomic E-state index is 0.152. The first-order valence-electron chi connectivity index (χ1n) is 9.34. The monoisotopic (exact) mass is 339 g/mol. The van der Waals surface area contributed by atoms with Gasteiger partial charge in [0.15, 0.2) is 5.82 Å². The third-order valence-electron chi connectivity index (χ3n) is 4.77. The van der Waals surface area contributed by atoms with Gasteiger partial charge in [0.05, 0.1) is 6.20 Å². The van der Waals surface area contributed by atoms with Gasteiger partial charge in [-0.3, -0.25) is 0 Å². The summed E-state index contributed by atoms with van der Waals surface area (Å²) in [5, 5.41) is 15.0. The van der Waals surface area contributed by atoms with Crippen LogP contribution in [0.4, 0.5) is 17.5 Å². The van der Waals surface area contributed by atoms with Gasteiger partial charge in [0, 0.05) is 11.7 Å². The largest absolute Gasteiger partial charge is 0.366 e. The number of nitrogens with one attached hydrogen (secondary N) is 2. The second-order valence-corrected chi connectivity index (χ2v) is 7.95. The SMILES string of the molecule is CC(C)(C)c1ccc(Nc2nncc(NC3CCCCCC3)n2)cc1. The van der Waals surface area contributed by atoms with Gasteiger partial charge in [-0.15, -0.1) is 5.10 Å². The van der Waals surface area contributed by atoms with Gasteiger partial charge >= 0.3 is 0 Å². The van der Waals surface area contributed by atoms with E-state index < -0.39 is 0 Å². The summed E-state index contributed by atoms with van der Waals surface area (Å²) in [4.78, 5) is 4.57. The summed E-state index contributed by atoms with van der Waals surface area (Å²) in [5.74, 6) is 1.33. The average Bonchev–Trinajstić information content (AvgIpc) is 2.83. The molecule has 0 spiro atoms. The Morgan fingerprint density at radius 1 is 0.960 bits per heavy atom. The summed E-state index contributed by atoms with van der Waals surface area (Å²) >= 11 is 0. The molecule has 2 aromatic rings. The highest BCUT2D eigenvalue weighted by molar-refractivity contribution is 5.55. The molecule has 1 saturated carbocycles. The van der Waals surface area contributed by atoms with E-state index in [1.165, 1.54) is 44.1 Å². The summed E-state index contributed by atoms with van der Waals surface area (Å²) in [5.41, 5.74) is 2.43. The molecule has 1 aromatic heterocycles. The average molecular weight is 339 g/mol. The van der Waals surface area contributed by atoms with E-state index in [9.17, 15) is 0 Å². The minimum atomic E-state index is 0.152. The van der Waals surface area contributed by atoms with Crippen molar-refractivity contribution in [2.75, 3.05) is 10.6 Å². The Kier molecular flexibility index (Phi) is 5.51. The summed E-state index contributed by atoms with van der Waals surface area (Å²) < 4.78 is 0. The van der Waals surface area contributed by atoms with Crippen molar-refractivity contribution in [1.82, 2.24) is 15.2 Å². The highest BCUT2D eigenvalue weighted by Crippen LogP contribution is 2.24. The van der Waals surface area contributed by atoms with Crippen LogP contribution in [-0.4, -0.2) is 21.2 Å². The van der Waals surface area contributed by atoms with Gasteiger partial charge in [-0.2, -0.15) is 10.1 Å². The maximum atomic E-state index is 4.57. The molecule has 0 amide bonds. The molecule has 5 nitrogen and oxygen atoms in total. The first kappa shape index (κ1) is 17.6. The zero-order valence-electron chi connectivity index (χ0n) is 15.5. The van der Waals surface area contributed by atoms with Crippen LogP contribution in [0.5, 0.6) is 0 Å². The molecule has 1 aliphatic carbocycles. The third kappa shape index (κ3) is 5.15. The standard InChI is InChI=1S/C20H29N5/c1-20(2,3)15-10-12-17(13-11-15)23-19-24-18(14-21-25-19)22-16-8-6-4-5-7-9-16/h10-14,16H,4-9H2,1-3H3,(H2,22,23,24,25). The number of rotatable bonds is 4. The predicted octanol–water partition coefficient (Wildman–Crippen LogP) is 5.05. The number of hydrogen-bond donors (Lipinski definition) is 2. The van der Waals surface area contributed by atoms with Crippen LogP contribution in [0.15, 0.2) is 30.5 Å². The quantitative estimate of drug-likeness (QED) is 0.763. The molecule has 0 unspecified atom stereocenters. The Bertz CT molecular complexity index is 667. The van der Waals surface area contributed by atoms with E-state index in [-0.39, 0.29) is 5.41 Å². The lowest BCUT2D eigenvalue weighted by Crippen LogP contribution is -2.19. The number of anilines is 3. The second-order valence-electron chi connectivity index (χ2n) is 7.95. The van der Waals surface area contributed by atoms with Gasteiger partial charge in [-0.1, -0.05) is 58.6 Å². The van der Waals surface area contributed by atoms with Crippen molar-refractivity contribution < 1.29 is 0 Å². The summed E-state index contributed by atoms with van der Waals surface area (Å²) in [7, 11) is 0. The Labute approximate surface area is 150 Å². The summed E-state index contributed by atoms with van der Waals surface area (Å²) in [6.07, 6.45) is 9.40. The first-order chi connectivity index (χ1) is 12.0. The maximum Gasteiger partial charge on any atom is 0.249 e. The zero-order chi connectivity index (χ0) is 17.7. The molecule has 0 atom stereocenters. The highest BCUT2D eigenvalue weighted by atomic mass is 15.3. The lowest BCUT2D eigenvalue weighted by Gasteiger charge is -2.19. The number of hydrogen-bond acceptors (Lipinski definition) is 5. The lowest BCUT2D eigenvalue weighted by atomic mass is 9.87. The second kappa shape index (κ2) is 7.81. The van der Waals surface area contributed by atoms with Crippen LogP contribution in [0.1, 0.15) is 64.9 Å². The van der Waals surface area contributed by atoms with Gasteiger partial charge in [0.2, 0.25) is 5.95 Å². The molecule has 1 aromatic carbocycles. The van der Waals surface area contributed by atoms with Gasteiger partial charge in [-0.25, -0.2) is 0 Å². The van der Waals surface area contributed by atoms with Crippen molar-refractivity contribution in [3.8, 4) is 0 Å². The Morgan fingerprint density at radius 3 is 2.28 bits per heavy atom. The highest BCUT2D eigenvalue weighted by Gasteiger charge is 2.14. The molecule has 0 bridgehead atoms. The van der Waals surface area contributed by atoms with Crippen LogP contribution in [0.3, 0.4) is 0 Å². The molecule has 1 heterocycles. The van der Waals surface area contributed by atoms with Gasteiger partial charge < -0.3 is 10.6 Å². The normalized spacial score (nSPS) is 16.3. The predicted molar refractivity (Wildman–Crippen MR) is 103 cm³/mol. The molecule has 5 heteroatoms. The fourth-order valence-corrected chi connectivity index (χ4v) is 3.24. The number of aromatic nitrogens is 3. The van der Waals surface area contributed by atoms with Crippen LogP contribution >= 0.6 is 0 Å².